The molecule has 1 aromatic heterocycles. The zero-order valence-electron chi connectivity index (χ0n) is 9.02. The fourth-order valence-corrected chi connectivity index (χ4v) is 1.77. The summed E-state index contributed by atoms with van der Waals surface area (Å²) >= 11 is 3.22. The van der Waals surface area contributed by atoms with E-state index in [0.717, 1.165) is 0 Å². The number of hydrogen-bond acceptors (Lipinski definition) is 3. The van der Waals surface area contributed by atoms with Gasteiger partial charge < -0.3 is 10.4 Å². The molecule has 92 valence electrons. The van der Waals surface area contributed by atoms with Crippen molar-refractivity contribution in [2.45, 2.75) is 0 Å². The van der Waals surface area contributed by atoms with E-state index < -0.39 is 11.8 Å². The minimum absolute atomic E-state index is 0.0168. The van der Waals surface area contributed by atoms with Crippen LogP contribution >= 0.6 is 15.9 Å². The van der Waals surface area contributed by atoms with Gasteiger partial charge in [0.15, 0.2) is 0 Å². The molecule has 0 bridgehead atoms. The van der Waals surface area contributed by atoms with Gasteiger partial charge in [-0.15, -0.1) is 0 Å². The summed E-state index contributed by atoms with van der Waals surface area (Å²) in [6.07, 6.45) is 2.64. The van der Waals surface area contributed by atoms with Gasteiger partial charge in [0, 0.05) is 16.9 Å². The number of aromatic nitrogens is 1. The Balaban J connectivity index is 2.40. The maximum absolute atomic E-state index is 13.5. The van der Waals surface area contributed by atoms with Gasteiger partial charge in [0.05, 0.1) is 11.4 Å². The van der Waals surface area contributed by atoms with Crippen molar-refractivity contribution in [3.05, 3.63) is 52.5 Å². The second kappa shape index (κ2) is 5.14. The second-order valence-corrected chi connectivity index (χ2v) is 4.39. The Morgan fingerprint density at radius 2 is 2.11 bits per heavy atom. The van der Waals surface area contributed by atoms with Crippen molar-refractivity contribution in [3.63, 3.8) is 0 Å². The van der Waals surface area contributed by atoms with E-state index in [1.807, 2.05) is 0 Å². The van der Waals surface area contributed by atoms with E-state index in [0.29, 0.717) is 4.47 Å². The molecule has 0 radical (unpaired) electrons. The molecule has 6 heteroatoms. The molecular formula is C12H8BrFN2O2. The third kappa shape index (κ3) is 2.65. The van der Waals surface area contributed by atoms with Crippen molar-refractivity contribution >= 4 is 33.3 Å². The molecule has 0 saturated heterocycles. The smallest absolute Gasteiger partial charge is 0.339 e. The number of hydrogen-bond donors (Lipinski definition) is 2. The minimum Gasteiger partial charge on any atom is -0.478 e. The topological polar surface area (TPSA) is 62.2 Å². The molecule has 0 amide bonds. The average molecular weight is 311 g/mol. The number of pyridine rings is 1. The number of carboxylic acids is 1. The van der Waals surface area contributed by atoms with Crippen molar-refractivity contribution < 1.29 is 14.3 Å². The minimum atomic E-state index is -1.12. The van der Waals surface area contributed by atoms with Crippen molar-refractivity contribution in [1.29, 1.82) is 0 Å². The molecular weight excluding hydrogens is 303 g/mol. The standard InChI is InChI=1S/C12H8BrFN2O2/c13-7-1-2-9(14)11(5-7)16-10-3-4-15-6-8(10)12(17)18/h1-6H,(H,15,16)(H,17,18). The lowest BCUT2D eigenvalue weighted by molar-refractivity contribution is 0.0697. The summed E-state index contributed by atoms with van der Waals surface area (Å²) in [5.74, 6) is -1.59. The summed E-state index contributed by atoms with van der Waals surface area (Å²) in [6.45, 7) is 0. The third-order valence-corrected chi connectivity index (χ3v) is 2.74. The Kier molecular flexibility index (Phi) is 3.57. The Hall–Kier alpha value is -1.95. The summed E-state index contributed by atoms with van der Waals surface area (Å²) < 4.78 is 14.2. The van der Waals surface area contributed by atoms with Gasteiger partial charge in [0.1, 0.15) is 11.4 Å². The van der Waals surface area contributed by atoms with Crippen LogP contribution in [0.15, 0.2) is 41.1 Å². The van der Waals surface area contributed by atoms with E-state index in [-0.39, 0.29) is 16.9 Å². The quantitative estimate of drug-likeness (QED) is 0.911. The molecule has 0 unspecified atom stereocenters. The normalized spacial score (nSPS) is 10.1. The van der Waals surface area contributed by atoms with Gasteiger partial charge in [-0.3, -0.25) is 4.98 Å². The molecule has 4 nitrogen and oxygen atoms in total. The van der Waals surface area contributed by atoms with Crippen LogP contribution in [0.4, 0.5) is 15.8 Å². The number of anilines is 2. The molecule has 0 aliphatic carbocycles. The van der Waals surface area contributed by atoms with Crippen LogP contribution in [0.5, 0.6) is 0 Å². The van der Waals surface area contributed by atoms with Gasteiger partial charge in [-0.1, -0.05) is 15.9 Å². The molecule has 2 N–H and O–H groups in total. The van der Waals surface area contributed by atoms with E-state index in [4.69, 9.17) is 5.11 Å². The number of aromatic carboxylic acids is 1. The number of carbonyl (C=O) groups is 1. The van der Waals surface area contributed by atoms with Crippen LogP contribution in [-0.2, 0) is 0 Å². The van der Waals surface area contributed by atoms with Crippen LogP contribution in [0, 0.1) is 5.82 Å². The monoisotopic (exact) mass is 310 g/mol. The first-order valence-corrected chi connectivity index (χ1v) is 5.76. The molecule has 0 fully saturated rings. The molecule has 1 aromatic carbocycles. The van der Waals surface area contributed by atoms with Gasteiger partial charge >= 0.3 is 5.97 Å². The van der Waals surface area contributed by atoms with Crippen LogP contribution < -0.4 is 5.32 Å². The number of carboxylic acid groups (broad SMARTS) is 1. The highest BCUT2D eigenvalue weighted by atomic mass is 79.9. The number of halogens is 2. The summed E-state index contributed by atoms with van der Waals surface area (Å²) in [5, 5.41) is 11.7. The van der Waals surface area contributed by atoms with E-state index in [9.17, 15) is 9.18 Å². The van der Waals surface area contributed by atoms with Crippen molar-refractivity contribution in [2.24, 2.45) is 0 Å². The predicted molar refractivity (Wildman–Crippen MR) is 68.6 cm³/mol. The second-order valence-electron chi connectivity index (χ2n) is 3.48. The molecule has 0 aliphatic heterocycles. The average Bonchev–Trinajstić information content (AvgIpc) is 2.34. The molecule has 1 heterocycles. The lowest BCUT2D eigenvalue weighted by atomic mass is 10.2. The van der Waals surface area contributed by atoms with E-state index >= 15 is 0 Å². The lowest BCUT2D eigenvalue weighted by Gasteiger charge is -2.10. The van der Waals surface area contributed by atoms with E-state index in [2.05, 4.69) is 26.2 Å². The fourth-order valence-electron chi connectivity index (χ4n) is 1.41. The summed E-state index contributed by atoms with van der Waals surface area (Å²) in [4.78, 5) is 14.7. The summed E-state index contributed by atoms with van der Waals surface area (Å²) in [5.41, 5.74) is 0.462. The number of rotatable bonds is 3. The van der Waals surface area contributed by atoms with Gasteiger partial charge in [-0.2, -0.15) is 0 Å². The molecule has 0 atom stereocenters. The van der Waals surface area contributed by atoms with E-state index in [1.54, 1.807) is 6.07 Å². The van der Waals surface area contributed by atoms with Crippen molar-refractivity contribution in [3.8, 4) is 0 Å². The van der Waals surface area contributed by atoms with Gasteiger partial charge in [-0.25, -0.2) is 9.18 Å². The molecule has 0 saturated carbocycles. The molecule has 18 heavy (non-hydrogen) atoms. The molecule has 0 aliphatic rings. The molecule has 0 spiro atoms. The van der Waals surface area contributed by atoms with Gasteiger partial charge in [-0.05, 0) is 24.3 Å². The Labute approximate surface area is 111 Å². The van der Waals surface area contributed by atoms with Gasteiger partial charge in [0.2, 0.25) is 0 Å². The predicted octanol–water partition coefficient (Wildman–Crippen LogP) is 3.43. The molecule has 2 rings (SSSR count). The Morgan fingerprint density at radius 3 is 2.83 bits per heavy atom. The first-order valence-electron chi connectivity index (χ1n) is 4.97. The summed E-state index contributed by atoms with van der Waals surface area (Å²) in [6, 6.07) is 5.85. The number of nitrogens with zero attached hydrogens (tertiary/aromatic N) is 1. The highest BCUT2D eigenvalue weighted by molar-refractivity contribution is 9.10. The van der Waals surface area contributed by atoms with Crippen LogP contribution in [-0.4, -0.2) is 16.1 Å². The maximum atomic E-state index is 13.5. The summed E-state index contributed by atoms with van der Waals surface area (Å²) in [7, 11) is 0. The highest BCUT2D eigenvalue weighted by Crippen LogP contribution is 2.25. The van der Waals surface area contributed by atoms with E-state index in [1.165, 1.54) is 30.6 Å². The highest BCUT2D eigenvalue weighted by Gasteiger charge is 2.11. The Bertz CT molecular complexity index is 604. The maximum Gasteiger partial charge on any atom is 0.339 e. The largest absolute Gasteiger partial charge is 0.478 e. The first kappa shape index (κ1) is 12.5. The lowest BCUT2D eigenvalue weighted by Crippen LogP contribution is -2.04. The fraction of sp³-hybridized carbons (Fsp3) is 0. The molecule has 2 aromatic rings. The first-order chi connectivity index (χ1) is 8.58. The van der Waals surface area contributed by atoms with Crippen LogP contribution in [0.25, 0.3) is 0 Å². The number of benzene rings is 1. The van der Waals surface area contributed by atoms with Crippen LogP contribution in [0.3, 0.4) is 0 Å². The Morgan fingerprint density at radius 1 is 1.33 bits per heavy atom. The van der Waals surface area contributed by atoms with Crippen LogP contribution in [0.2, 0.25) is 0 Å². The van der Waals surface area contributed by atoms with Crippen molar-refractivity contribution in [1.82, 2.24) is 4.98 Å². The van der Waals surface area contributed by atoms with Crippen LogP contribution in [0.1, 0.15) is 10.4 Å². The number of nitrogens with one attached hydrogen (secondary N) is 1. The zero-order valence-corrected chi connectivity index (χ0v) is 10.6. The zero-order chi connectivity index (χ0) is 13.1. The third-order valence-electron chi connectivity index (χ3n) is 2.25. The van der Waals surface area contributed by atoms with Gasteiger partial charge in [0.25, 0.3) is 0 Å². The SMILES string of the molecule is O=C(O)c1cnccc1Nc1cc(Br)ccc1F. The van der Waals surface area contributed by atoms with Crippen molar-refractivity contribution in [2.75, 3.05) is 5.32 Å².